The highest BCUT2D eigenvalue weighted by Crippen LogP contribution is 2.23. The van der Waals surface area contributed by atoms with E-state index in [1.807, 2.05) is 68.4 Å². The summed E-state index contributed by atoms with van der Waals surface area (Å²) < 4.78 is 1.77. The van der Waals surface area contributed by atoms with E-state index in [0.29, 0.717) is 5.56 Å². The Morgan fingerprint density at radius 2 is 1.70 bits per heavy atom. The number of hydrogen-bond acceptors (Lipinski definition) is 2. The number of aromatic nitrogens is 1. The molecular weight excluding hydrogens is 284 g/mol. The first-order valence-electron chi connectivity index (χ1n) is 7.70. The molecule has 116 valence electrons. The number of nitrogens with two attached hydrogens (primary N) is 1. The summed E-state index contributed by atoms with van der Waals surface area (Å²) in [7, 11) is 0. The standard InChI is InChI=1S/C20H20N2O/c1-14-8-10-18(15(2)12-14)22-19(16-6-4-3-5-7-16)11-9-17(13-21)20(22)23/h3-12H,13,21H2,1-2H3. The summed E-state index contributed by atoms with van der Waals surface area (Å²) in [6.07, 6.45) is 0. The number of aryl methyl sites for hydroxylation is 2. The summed E-state index contributed by atoms with van der Waals surface area (Å²) >= 11 is 0. The molecule has 0 unspecified atom stereocenters. The van der Waals surface area contributed by atoms with Crippen molar-refractivity contribution in [3.8, 4) is 16.9 Å². The van der Waals surface area contributed by atoms with E-state index in [2.05, 4.69) is 6.07 Å². The van der Waals surface area contributed by atoms with E-state index < -0.39 is 0 Å². The SMILES string of the molecule is Cc1ccc(-n2c(-c3ccccc3)ccc(CN)c2=O)c(C)c1. The fourth-order valence-electron chi connectivity index (χ4n) is 2.86. The highest BCUT2D eigenvalue weighted by molar-refractivity contribution is 5.63. The van der Waals surface area contributed by atoms with Crippen molar-refractivity contribution in [2.45, 2.75) is 20.4 Å². The molecule has 1 aromatic heterocycles. The molecule has 0 aliphatic carbocycles. The minimum atomic E-state index is -0.0548. The van der Waals surface area contributed by atoms with Gasteiger partial charge in [-0.3, -0.25) is 9.36 Å². The molecule has 0 saturated carbocycles. The van der Waals surface area contributed by atoms with Gasteiger partial charge in [0.1, 0.15) is 0 Å². The summed E-state index contributed by atoms with van der Waals surface area (Å²) in [4.78, 5) is 12.9. The molecule has 0 amide bonds. The molecule has 0 atom stereocenters. The Balaban J connectivity index is 2.35. The van der Waals surface area contributed by atoms with Crippen LogP contribution in [0.4, 0.5) is 0 Å². The Kier molecular flexibility index (Phi) is 4.13. The fourth-order valence-corrected chi connectivity index (χ4v) is 2.86. The molecule has 0 bridgehead atoms. The highest BCUT2D eigenvalue weighted by atomic mass is 16.1. The van der Waals surface area contributed by atoms with E-state index in [0.717, 1.165) is 22.5 Å². The van der Waals surface area contributed by atoms with Crippen LogP contribution in [0.3, 0.4) is 0 Å². The van der Waals surface area contributed by atoms with Gasteiger partial charge >= 0.3 is 0 Å². The first-order valence-corrected chi connectivity index (χ1v) is 7.70. The van der Waals surface area contributed by atoms with Gasteiger partial charge in [0.25, 0.3) is 5.56 Å². The quantitative estimate of drug-likeness (QED) is 0.804. The number of nitrogens with zero attached hydrogens (tertiary/aromatic N) is 1. The maximum absolute atomic E-state index is 12.9. The molecule has 2 aromatic carbocycles. The van der Waals surface area contributed by atoms with Gasteiger partial charge in [0.05, 0.1) is 11.4 Å². The fraction of sp³-hybridized carbons (Fsp3) is 0.150. The lowest BCUT2D eigenvalue weighted by Gasteiger charge is -2.17. The van der Waals surface area contributed by atoms with Crippen molar-refractivity contribution in [1.29, 1.82) is 0 Å². The molecule has 3 nitrogen and oxygen atoms in total. The van der Waals surface area contributed by atoms with Gasteiger partial charge in [-0.1, -0.05) is 54.1 Å². The van der Waals surface area contributed by atoms with Gasteiger partial charge in [-0.15, -0.1) is 0 Å². The number of rotatable bonds is 3. The van der Waals surface area contributed by atoms with Crippen LogP contribution in [0, 0.1) is 13.8 Å². The lowest BCUT2D eigenvalue weighted by atomic mass is 10.1. The van der Waals surface area contributed by atoms with Gasteiger partial charge in [0.2, 0.25) is 0 Å². The Morgan fingerprint density at radius 1 is 0.957 bits per heavy atom. The highest BCUT2D eigenvalue weighted by Gasteiger charge is 2.13. The van der Waals surface area contributed by atoms with E-state index in [4.69, 9.17) is 5.73 Å². The summed E-state index contributed by atoms with van der Waals surface area (Å²) in [6.45, 7) is 4.31. The average molecular weight is 304 g/mol. The summed E-state index contributed by atoms with van der Waals surface area (Å²) in [6, 6.07) is 19.9. The Labute approximate surface area is 136 Å². The molecule has 0 spiro atoms. The molecule has 2 N–H and O–H groups in total. The van der Waals surface area contributed by atoms with Crippen LogP contribution in [0.2, 0.25) is 0 Å². The van der Waals surface area contributed by atoms with Gasteiger partial charge < -0.3 is 5.73 Å². The first kappa shape index (κ1) is 15.3. The zero-order valence-corrected chi connectivity index (χ0v) is 13.4. The van der Waals surface area contributed by atoms with Gasteiger partial charge in [0, 0.05) is 12.1 Å². The van der Waals surface area contributed by atoms with E-state index in [9.17, 15) is 4.79 Å². The largest absolute Gasteiger partial charge is 0.326 e. The molecular formula is C20H20N2O. The van der Waals surface area contributed by atoms with Crippen molar-refractivity contribution in [3.05, 3.63) is 87.7 Å². The number of pyridine rings is 1. The van der Waals surface area contributed by atoms with Crippen LogP contribution in [-0.2, 0) is 6.54 Å². The van der Waals surface area contributed by atoms with Crippen molar-refractivity contribution in [3.63, 3.8) is 0 Å². The average Bonchev–Trinajstić information content (AvgIpc) is 2.56. The summed E-state index contributed by atoms with van der Waals surface area (Å²) in [5, 5.41) is 0. The van der Waals surface area contributed by atoms with Gasteiger partial charge in [-0.2, -0.15) is 0 Å². The molecule has 0 aliphatic rings. The van der Waals surface area contributed by atoms with Crippen LogP contribution in [0.5, 0.6) is 0 Å². The predicted molar refractivity (Wildman–Crippen MR) is 94.8 cm³/mol. The zero-order chi connectivity index (χ0) is 16.4. The molecule has 3 heteroatoms. The molecule has 3 rings (SSSR count). The van der Waals surface area contributed by atoms with E-state index in [-0.39, 0.29) is 12.1 Å². The monoisotopic (exact) mass is 304 g/mol. The minimum Gasteiger partial charge on any atom is -0.326 e. The van der Waals surface area contributed by atoms with Crippen LogP contribution in [-0.4, -0.2) is 4.57 Å². The van der Waals surface area contributed by atoms with Crippen molar-refractivity contribution < 1.29 is 0 Å². The Bertz CT molecular complexity index is 895. The maximum Gasteiger partial charge on any atom is 0.260 e. The van der Waals surface area contributed by atoms with Gasteiger partial charge in [0.15, 0.2) is 0 Å². The minimum absolute atomic E-state index is 0.0548. The van der Waals surface area contributed by atoms with Crippen molar-refractivity contribution in [2.75, 3.05) is 0 Å². The van der Waals surface area contributed by atoms with Crippen LogP contribution < -0.4 is 11.3 Å². The molecule has 0 fully saturated rings. The van der Waals surface area contributed by atoms with Crippen LogP contribution >= 0.6 is 0 Å². The third-order valence-electron chi connectivity index (χ3n) is 4.04. The molecule has 0 aliphatic heterocycles. The Hall–Kier alpha value is -2.65. The molecule has 0 radical (unpaired) electrons. The Morgan fingerprint density at radius 3 is 2.35 bits per heavy atom. The third kappa shape index (κ3) is 2.83. The first-order chi connectivity index (χ1) is 11.1. The third-order valence-corrected chi connectivity index (χ3v) is 4.04. The predicted octanol–water partition coefficient (Wildman–Crippen LogP) is 3.58. The maximum atomic E-state index is 12.9. The van der Waals surface area contributed by atoms with Gasteiger partial charge in [-0.05, 0) is 37.1 Å². The molecule has 1 heterocycles. The number of benzene rings is 2. The topological polar surface area (TPSA) is 48.0 Å². The second-order valence-corrected chi connectivity index (χ2v) is 5.74. The van der Waals surface area contributed by atoms with E-state index in [1.54, 1.807) is 4.57 Å². The second kappa shape index (κ2) is 6.23. The summed E-state index contributed by atoms with van der Waals surface area (Å²) in [5.74, 6) is 0. The second-order valence-electron chi connectivity index (χ2n) is 5.74. The van der Waals surface area contributed by atoms with Crippen LogP contribution in [0.25, 0.3) is 16.9 Å². The van der Waals surface area contributed by atoms with Gasteiger partial charge in [-0.25, -0.2) is 0 Å². The zero-order valence-electron chi connectivity index (χ0n) is 13.4. The lowest BCUT2D eigenvalue weighted by Crippen LogP contribution is -2.25. The molecule has 0 saturated heterocycles. The van der Waals surface area contributed by atoms with E-state index >= 15 is 0 Å². The normalized spacial score (nSPS) is 10.7. The molecule has 3 aromatic rings. The van der Waals surface area contributed by atoms with E-state index in [1.165, 1.54) is 5.56 Å². The van der Waals surface area contributed by atoms with Crippen molar-refractivity contribution in [1.82, 2.24) is 4.57 Å². The molecule has 23 heavy (non-hydrogen) atoms. The van der Waals surface area contributed by atoms with Crippen molar-refractivity contribution >= 4 is 0 Å². The lowest BCUT2D eigenvalue weighted by molar-refractivity contribution is 0.925. The summed E-state index contributed by atoms with van der Waals surface area (Å²) in [5.41, 5.74) is 11.3. The van der Waals surface area contributed by atoms with Crippen LogP contribution in [0.1, 0.15) is 16.7 Å². The van der Waals surface area contributed by atoms with Crippen LogP contribution in [0.15, 0.2) is 65.5 Å². The van der Waals surface area contributed by atoms with Crippen molar-refractivity contribution in [2.24, 2.45) is 5.73 Å². The number of hydrogen-bond donors (Lipinski definition) is 1. The smallest absolute Gasteiger partial charge is 0.260 e.